The molecule has 0 unspecified atom stereocenters. The number of likely N-dealkylation sites (tertiary alicyclic amines) is 1. The van der Waals surface area contributed by atoms with Gasteiger partial charge < -0.3 is 15.0 Å². The van der Waals surface area contributed by atoms with Crippen molar-refractivity contribution in [1.29, 1.82) is 0 Å². The molecule has 1 aliphatic rings. The van der Waals surface area contributed by atoms with Gasteiger partial charge in [0.1, 0.15) is 5.82 Å². The fourth-order valence-corrected chi connectivity index (χ4v) is 5.14. The lowest BCUT2D eigenvalue weighted by Crippen LogP contribution is -2.43. The number of hydrogen-bond acceptors (Lipinski definition) is 5. The Balaban J connectivity index is 1.61. The number of aromatic amines is 1. The largest absolute Gasteiger partial charge is 0.385 e. The molecule has 4 rings (SSSR count). The quantitative estimate of drug-likeness (QED) is 0.332. The summed E-state index contributed by atoms with van der Waals surface area (Å²) in [6.07, 6.45) is 1.03. The summed E-state index contributed by atoms with van der Waals surface area (Å²) in [6, 6.07) is 13.1. The molecule has 2 heterocycles. The van der Waals surface area contributed by atoms with E-state index in [-0.39, 0.29) is 43.1 Å². The van der Waals surface area contributed by atoms with Crippen LogP contribution in [-0.2, 0) is 24.5 Å². The van der Waals surface area contributed by atoms with Crippen molar-refractivity contribution in [3.8, 4) is 0 Å². The van der Waals surface area contributed by atoms with Gasteiger partial charge >= 0.3 is 0 Å². The minimum Gasteiger partial charge on any atom is -0.385 e. The van der Waals surface area contributed by atoms with E-state index < -0.39 is 5.41 Å². The van der Waals surface area contributed by atoms with E-state index in [4.69, 9.17) is 4.74 Å². The highest BCUT2D eigenvalue weighted by atomic mass is 16.5. The molecule has 190 valence electrons. The van der Waals surface area contributed by atoms with Gasteiger partial charge in [0.05, 0.1) is 22.5 Å². The van der Waals surface area contributed by atoms with Gasteiger partial charge in [-0.25, -0.2) is 4.98 Å². The van der Waals surface area contributed by atoms with E-state index in [0.29, 0.717) is 25.3 Å². The SMILES string of the molecule is CC[C@H](NC(=O)C[C@]1(c2ccccc2C)CC(=O)N(CCCOC)C1=O)c1nc2ccc(C)cc2[nH]1. The summed E-state index contributed by atoms with van der Waals surface area (Å²) >= 11 is 0. The Labute approximate surface area is 211 Å². The molecule has 2 aromatic carbocycles. The van der Waals surface area contributed by atoms with Crippen LogP contribution in [0.2, 0.25) is 0 Å². The highest BCUT2D eigenvalue weighted by Crippen LogP contribution is 2.41. The fraction of sp³-hybridized carbons (Fsp3) is 0.429. The van der Waals surface area contributed by atoms with Crippen LogP contribution in [0.15, 0.2) is 42.5 Å². The molecule has 36 heavy (non-hydrogen) atoms. The normalized spacial score (nSPS) is 18.7. The Morgan fingerprint density at radius 2 is 2.00 bits per heavy atom. The molecule has 0 saturated carbocycles. The number of amides is 3. The highest BCUT2D eigenvalue weighted by molar-refractivity contribution is 6.11. The van der Waals surface area contributed by atoms with Gasteiger partial charge in [0.25, 0.3) is 0 Å². The van der Waals surface area contributed by atoms with Crippen LogP contribution >= 0.6 is 0 Å². The Morgan fingerprint density at radius 1 is 1.22 bits per heavy atom. The zero-order valence-electron chi connectivity index (χ0n) is 21.4. The molecule has 8 heteroatoms. The smallest absolute Gasteiger partial charge is 0.240 e. The molecule has 0 spiro atoms. The molecular weight excluding hydrogens is 456 g/mol. The summed E-state index contributed by atoms with van der Waals surface area (Å²) in [7, 11) is 1.59. The number of hydrogen-bond donors (Lipinski definition) is 2. The summed E-state index contributed by atoms with van der Waals surface area (Å²) in [6.45, 7) is 6.62. The van der Waals surface area contributed by atoms with E-state index in [0.717, 1.165) is 27.7 Å². The van der Waals surface area contributed by atoms with Gasteiger partial charge in [-0.05, 0) is 55.5 Å². The minimum atomic E-state index is -1.23. The van der Waals surface area contributed by atoms with E-state index in [9.17, 15) is 14.4 Å². The van der Waals surface area contributed by atoms with Crippen molar-refractivity contribution in [3.05, 3.63) is 65.0 Å². The van der Waals surface area contributed by atoms with E-state index >= 15 is 0 Å². The number of imide groups is 1. The maximum Gasteiger partial charge on any atom is 0.240 e. The van der Waals surface area contributed by atoms with Crippen molar-refractivity contribution in [1.82, 2.24) is 20.2 Å². The second-order valence-electron chi connectivity index (χ2n) is 9.62. The van der Waals surface area contributed by atoms with Gasteiger partial charge in [-0.15, -0.1) is 0 Å². The first-order valence-corrected chi connectivity index (χ1v) is 12.4. The predicted octanol–water partition coefficient (Wildman–Crippen LogP) is 3.87. The fourth-order valence-electron chi connectivity index (χ4n) is 5.14. The maximum absolute atomic E-state index is 13.8. The first kappa shape index (κ1) is 25.6. The number of fused-ring (bicyclic) bond motifs is 1. The van der Waals surface area contributed by atoms with E-state index in [2.05, 4.69) is 15.3 Å². The molecule has 2 N–H and O–H groups in total. The number of methoxy groups -OCH3 is 1. The van der Waals surface area contributed by atoms with Crippen molar-refractivity contribution < 1.29 is 19.1 Å². The number of nitrogens with zero attached hydrogens (tertiary/aromatic N) is 2. The van der Waals surface area contributed by atoms with Crippen LogP contribution in [-0.4, -0.2) is 52.9 Å². The van der Waals surface area contributed by atoms with Crippen LogP contribution in [0.1, 0.15) is 61.2 Å². The van der Waals surface area contributed by atoms with Crippen molar-refractivity contribution in [2.75, 3.05) is 20.3 Å². The summed E-state index contributed by atoms with van der Waals surface area (Å²) in [5, 5.41) is 3.07. The van der Waals surface area contributed by atoms with Gasteiger partial charge in [-0.1, -0.05) is 37.3 Å². The molecular formula is C28H34N4O4. The van der Waals surface area contributed by atoms with Gasteiger partial charge in [0, 0.05) is 33.1 Å². The van der Waals surface area contributed by atoms with Crippen molar-refractivity contribution in [3.63, 3.8) is 0 Å². The predicted molar refractivity (Wildman–Crippen MR) is 137 cm³/mol. The van der Waals surface area contributed by atoms with E-state index in [1.54, 1.807) is 7.11 Å². The van der Waals surface area contributed by atoms with Crippen molar-refractivity contribution in [2.45, 2.75) is 57.9 Å². The second-order valence-corrected chi connectivity index (χ2v) is 9.62. The molecule has 2 atom stereocenters. The number of aromatic nitrogens is 2. The van der Waals surface area contributed by atoms with Gasteiger partial charge in [-0.3, -0.25) is 19.3 Å². The van der Waals surface area contributed by atoms with Gasteiger partial charge in [-0.2, -0.15) is 0 Å². The maximum atomic E-state index is 13.8. The standard InChI is InChI=1S/C28H34N4O4/c1-5-21(26-30-22-12-11-18(2)15-23(22)31-26)29-24(33)16-28(20-10-7-6-9-19(20)3)17-25(34)32(27(28)35)13-8-14-36-4/h6-7,9-12,15,21H,5,8,13-14,16-17H2,1-4H3,(H,29,33)(H,30,31)/t21-,28+/m0/s1. The lowest BCUT2D eigenvalue weighted by molar-refractivity contribution is -0.141. The summed E-state index contributed by atoms with van der Waals surface area (Å²) in [5.41, 5.74) is 3.24. The summed E-state index contributed by atoms with van der Waals surface area (Å²) in [5.74, 6) is -0.194. The molecule has 1 aromatic heterocycles. The monoisotopic (exact) mass is 490 g/mol. The van der Waals surface area contributed by atoms with E-state index in [1.807, 2.05) is 63.2 Å². The van der Waals surface area contributed by atoms with Crippen LogP contribution in [0.4, 0.5) is 0 Å². The van der Waals surface area contributed by atoms with Gasteiger partial charge in [0.2, 0.25) is 17.7 Å². The molecule has 0 bridgehead atoms. The van der Waals surface area contributed by atoms with Gasteiger partial charge in [0.15, 0.2) is 0 Å². The lowest BCUT2D eigenvalue weighted by Gasteiger charge is -2.29. The Bertz CT molecular complexity index is 1280. The highest BCUT2D eigenvalue weighted by Gasteiger charge is 2.54. The van der Waals surface area contributed by atoms with Crippen LogP contribution < -0.4 is 5.32 Å². The Kier molecular flexibility index (Phi) is 7.54. The summed E-state index contributed by atoms with van der Waals surface area (Å²) in [4.78, 5) is 49.5. The number of nitrogens with one attached hydrogen (secondary N) is 2. The number of aryl methyl sites for hydroxylation is 2. The molecule has 8 nitrogen and oxygen atoms in total. The van der Waals surface area contributed by atoms with Crippen molar-refractivity contribution >= 4 is 28.8 Å². The number of rotatable bonds is 10. The molecule has 1 saturated heterocycles. The first-order valence-electron chi connectivity index (χ1n) is 12.4. The van der Waals surface area contributed by atoms with E-state index in [1.165, 1.54) is 4.90 Å². The molecule has 3 aromatic rings. The molecule has 3 amide bonds. The number of H-pyrrole nitrogens is 1. The number of benzene rings is 2. The lowest BCUT2D eigenvalue weighted by atomic mass is 9.74. The van der Waals surface area contributed by atoms with Crippen LogP contribution in [0.3, 0.4) is 0 Å². The molecule has 0 aliphatic carbocycles. The number of ether oxygens (including phenoxy) is 1. The first-order chi connectivity index (χ1) is 17.3. The van der Waals surface area contributed by atoms with Crippen LogP contribution in [0, 0.1) is 13.8 Å². The minimum absolute atomic E-state index is 0.0300. The molecule has 0 radical (unpaired) electrons. The Hall–Kier alpha value is -3.52. The Morgan fingerprint density at radius 3 is 2.72 bits per heavy atom. The third-order valence-corrected chi connectivity index (χ3v) is 6.99. The average Bonchev–Trinajstić information content (AvgIpc) is 3.37. The third-order valence-electron chi connectivity index (χ3n) is 6.99. The van der Waals surface area contributed by atoms with Crippen molar-refractivity contribution in [2.24, 2.45) is 0 Å². The summed E-state index contributed by atoms with van der Waals surface area (Å²) < 4.78 is 5.10. The molecule has 1 fully saturated rings. The zero-order chi connectivity index (χ0) is 25.9. The zero-order valence-corrected chi connectivity index (χ0v) is 21.4. The topological polar surface area (TPSA) is 104 Å². The van der Waals surface area contributed by atoms with Crippen LogP contribution in [0.5, 0.6) is 0 Å². The number of carbonyl (C=O) groups excluding carboxylic acids is 3. The number of carbonyl (C=O) groups is 3. The average molecular weight is 491 g/mol. The number of imidazole rings is 1. The molecule has 1 aliphatic heterocycles. The second kappa shape index (κ2) is 10.6. The van der Waals surface area contributed by atoms with Crippen LogP contribution in [0.25, 0.3) is 11.0 Å². The third kappa shape index (κ3) is 4.91.